The van der Waals surface area contributed by atoms with Crippen molar-refractivity contribution in [2.75, 3.05) is 12.0 Å². The molecule has 0 spiro atoms. The molecular weight excluding hydrogens is 431 g/mol. The molecule has 0 amide bonds. The normalized spacial score (nSPS) is 11.6. The van der Waals surface area contributed by atoms with Crippen LogP contribution in [0.25, 0.3) is 22.8 Å². The van der Waals surface area contributed by atoms with Crippen LogP contribution in [0.5, 0.6) is 0 Å². The van der Waals surface area contributed by atoms with Crippen molar-refractivity contribution in [3.05, 3.63) is 71.2 Å². The average Bonchev–Trinajstić information content (AvgIpc) is 3.20. The van der Waals surface area contributed by atoms with Crippen LogP contribution in [-0.2, 0) is 16.4 Å². The Morgan fingerprint density at radius 2 is 1.84 bits per heavy atom. The van der Waals surface area contributed by atoms with Gasteiger partial charge >= 0.3 is 0 Å². The molecule has 4 aromatic rings. The summed E-state index contributed by atoms with van der Waals surface area (Å²) in [6.45, 7) is 4.16. The molecule has 0 aliphatic rings. The van der Waals surface area contributed by atoms with Crippen LogP contribution in [0.15, 0.2) is 53.6 Å². The molecular formula is C22H21FN6O2S. The van der Waals surface area contributed by atoms with Crippen molar-refractivity contribution < 1.29 is 12.8 Å². The monoisotopic (exact) mass is 452 g/mol. The van der Waals surface area contributed by atoms with Crippen molar-refractivity contribution in [3.8, 4) is 22.8 Å². The van der Waals surface area contributed by atoms with Gasteiger partial charge in [0, 0.05) is 11.8 Å². The van der Waals surface area contributed by atoms with Crippen LogP contribution in [0, 0.1) is 19.7 Å². The highest BCUT2D eigenvalue weighted by molar-refractivity contribution is 7.90. The maximum absolute atomic E-state index is 14.8. The van der Waals surface area contributed by atoms with Crippen LogP contribution >= 0.6 is 0 Å². The molecule has 0 saturated heterocycles. The zero-order valence-electron chi connectivity index (χ0n) is 17.7. The number of hydrogen-bond acceptors (Lipinski definition) is 7. The fraction of sp³-hybridized carbons (Fsp3) is 0.182. The Labute approximate surface area is 184 Å². The number of nitrogens with two attached hydrogens (primary N) is 1. The van der Waals surface area contributed by atoms with E-state index in [1.807, 2.05) is 32.0 Å². The Kier molecular flexibility index (Phi) is 5.47. The van der Waals surface area contributed by atoms with Gasteiger partial charge in [0.25, 0.3) is 0 Å². The summed E-state index contributed by atoms with van der Waals surface area (Å²) in [7, 11) is -3.33. The van der Waals surface area contributed by atoms with Crippen molar-refractivity contribution in [3.63, 3.8) is 0 Å². The summed E-state index contributed by atoms with van der Waals surface area (Å²) in [5.74, 6) is -0.748. The van der Waals surface area contributed by atoms with Crippen molar-refractivity contribution in [1.29, 1.82) is 0 Å². The lowest BCUT2D eigenvalue weighted by Crippen LogP contribution is -2.04. The summed E-state index contributed by atoms with van der Waals surface area (Å²) in [6, 6.07) is 12.2. The number of aryl methyl sites for hydroxylation is 1. The Morgan fingerprint density at radius 3 is 2.59 bits per heavy atom. The zero-order chi connectivity index (χ0) is 23.0. The second-order valence-corrected chi connectivity index (χ2v) is 9.58. The predicted octanol–water partition coefficient (Wildman–Crippen LogP) is 3.19. The quantitative estimate of drug-likeness (QED) is 0.494. The molecule has 0 bridgehead atoms. The summed E-state index contributed by atoms with van der Waals surface area (Å²) >= 11 is 0. The van der Waals surface area contributed by atoms with E-state index in [1.165, 1.54) is 16.9 Å². The van der Waals surface area contributed by atoms with Gasteiger partial charge in [0.2, 0.25) is 0 Å². The molecule has 8 nitrogen and oxygen atoms in total. The summed E-state index contributed by atoms with van der Waals surface area (Å²) < 4.78 is 39.8. The van der Waals surface area contributed by atoms with Crippen molar-refractivity contribution >= 4 is 15.7 Å². The van der Waals surface area contributed by atoms with Crippen LogP contribution in [0.2, 0.25) is 0 Å². The first-order valence-electron chi connectivity index (χ1n) is 9.72. The molecule has 0 saturated carbocycles. The SMILES string of the molecule is Cc1cccc(-c2nc(N)c(F)c(-c3cn(Cc4cccc(S(C)(=O)=O)c4)nn3)n2)c1C. The molecule has 2 N–H and O–H groups in total. The van der Waals surface area contributed by atoms with Gasteiger partial charge in [-0.25, -0.2) is 27.5 Å². The minimum absolute atomic E-state index is 0.0513. The molecule has 4 rings (SSSR count). The highest BCUT2D eigenvalue weighted by Crippen LogP contribution is 2.28. The van der Waals surface area contributed by atoms with E-state index in [1.54, 1.807) is 18.2 Å². The number of halogens is 1. The fourth-order valence-corrected chi connectivity index (χ4v) is 3.98. The fourth-order valence-electron chi connectivity index (χ4n) is 3.29. The van der Waals surface area contributed by atoms with E-state index in [2.05, 4.69) is 20.3 Å². The molecule has 0 radical (unpaired) electrons. The van der Waals surface area contributed by atoms with Crippen molar-refractivity contribution in [2.45, 2.75) is 25.3 Å². The van der Waals surface area contributed by atoms with Crippen LogP contribution in [0.1, 0.15) is 16.7 Å². The first kappa shape index (κ1) is 21.6. The lowest BCUT2D eigenvalue weighted by Gasteiger charge is -2.10. The van der Waals surface area contributed by atoms with Gasteiger partial charge < -0.3 is 5.73 Å². The average molecular weight is 453 g/mol. The number of nitrogen functional groups attached to an aromatic ring is 1. The van der Waals surface area contributed by atoms with Gasteiger partial charge in [-0.05, 0) is 42.7 Å². The molecule has 2 heterocycles. The van der Waals surface area contributed by atoms with Gasteiger partial charge in [-0.3, -0.25) is 0 Å². The second-order valence-electron chi connectivity index (χ2n) is 7.56. The third-order valence-electron chi connectivity index (χ3n) is 5.17. The molecule has 0 atom stereocenters. The third kappa shape index (κ3) is 4.22. The van der Waals surface area contributed by atoms with Gasteiger partial charge in [-0.2, -0.15) is 0 Å². The lowest BCUT2D eigenvalue weighted by atomic mass is 10.0. The van der Waals surface area contributed by atoms with Crippen molar-refractivity contribution in [1.82, 2.24) is 25.0 Å². The van der Waals surface area contributed by atoms with Gasteiger partial charge in [-0.1, -0.05) is 35.5 Å². The van der Waals surface area contributed by atoms with Gasteiger partial charge in [0.1, 0.15) is 11.4 Å². The highest BCUT2D eigenvalue weighted by atomic mass is 32.2. The smallest absolute Gasteiger partial charge is 0.193 e. The van der Waals surface area contributed by atoms with Crippen LogP contribution < -0.4 is 5.73 Å². The Morgan fingerprint density at radius 1 is 1.09 bits per heavy atom. The number of anilines is 1. The molecule has 0 unspecified atom stereocenters. The van der Waals surface area contributed by atoms with E-state index >= 15 is 0 Å². The molecule has 164 valence electrons. The van der Waals surface area contributed by atoms with E-state index in [9.17, 15) is 12.8 Å². The molecule has 32 heavy (non-hydrogen) atoms. The summed E-state index contributed by atoms with van der Waals surface area (Å²) in [6.07, 6.45) is 2.68. The zero-order valence-corrected chi connectivity index (χ0v) is 18.6. The standard InChI is InChI=1S/C22H21FN6O2S/c1-13-6-4-9-17(14(13)2)22-25-20(19(23)21(24)26-22)18-12-29(28-27-18)11-15-7-5-8-16(10-15)32(3,30)31/h4-10,12H,11H2,1-3H3,(H2,24,25,26). The van der Waals surface area contributed by atoms with E-state index in [4.69, 9.17) is 5.73 Å². The third-order valence-corrected chi connectivity index (χ3v) is 6.29. The minimum Gasteiger partial charge on any atom is -0.381 e. The second kappa shape index (κ2) is 8.12. The first-order chi connectivity index (χ1) is 15.1. The van der Waals surface area contributed by atoms with Crippen LogP contribution in [-0.4, -0.2) is 39.6 Å². The maximum Gasteiger partial charge on any atom is 0.193 e. The summed E-state index contributed by atoms with van der Waals surface area (Å²) in [5.41, 5.74) is 9.47. The Hall–Kier alpha value is -3.66. The molecule has 0 fully saturated rings. The van der Waals surface area contributed by atoms with E-state index < -0.39 is 15.7 Å². The molecule has 2 aromatic carbocycles. The highest BCUT2D eigenvalue weighted by Gasteiger charge is 2.19. The Balaban J connectivity index is 1.70. The molecule has 2 aromatic heterocycles. The topological polar surface area (TPSA) is 117 Å². The maximum atomic E-state index is 14.8. The van der Waals surface area contributed by atoms with Gasteiger partial charge in [0.05, 0.1) is 17.6 Å². The summed E-state index contributed by atoms with van der Waals surface area (Å²) in [5, 5.41) is 8.07. The van der Waals surface area contributed by atoms with Gasteiger partial charge in [0.15, 0.2) is 27.3 Å². The van der Waals surface area contributed by atoms with E-state index in [0.717, 1.165) is 22.9 Å². The van der Waals surface area contributed by atoms with Crippen LogP contribution in [0.4, 0.5) is 10.2 Å². The largest absolute Gasteiger partial charge is 0.381 e. The first-order valence-corrected chi connectivity index (χ1v) is 11.6. The molecule has 0 aliphatic heterocycles. The number of sulfone groups is 1. The van der Waals surface area contributed by atoms with Crippen LogP contribution in [0.3, 0.4) is 0 Å². The lowest BCUT2D eigenvalue weighted by molar-refractivity contribution is 0.601. The summed E-state index contributed by atoms with van der Waals surface area (Å²) in [4.78, 5) is 8.71. The number of nitrogens with zero attached hydrogens (tertiary/aromatic N) is 5. The number of aromatic nitrogens is 5. The van der Waals surface area contributed by atoms with E-state index in [-0.39, 0.29) is 28.6 Å². The molecule has 10 heteroatoms. The minimum atomic E-state index is -3.33. The predicted molar refractivity (Wildman–Crippen MR) is 119 cm³/mol. The molecule has 0 aliphatic carbocycles. The number of rotatable bonds is 5. The van der Waals surface area contributed by atoms with E-state index in [0.29, 0.717) is 11.4 Å². The number of hydrogen-bond donors (Lipinski definition) is 1. The number of benzene rings is 2. The van der Waals surface area contributed by atoms with Crippen molar-refractivity contribution in [2.24, 2.45) is 0 Å². The Bertz CT molecular complexity index is 1430. The van der Waals surface area contributed by atoms with Gasteiger partial charge in [-0.15, -0.1) is 5.10 Å².